The fourth-order valence-electron chi connectivity index (χ4n) is 2.36. The van der Waals surface area contributed by atoms with Crippen LogP contribution in [0.2, 0.25) is 0 Å². The monoisotopic (exact) mass is 300 g/mol. The molecule has 1 aliphatic rings. The van der Waals surface area contributed by atoms with Gasteiger partial charge in [0.25, 0.3) is 10.1 Å². The Hall–Kier alpha value is -1.27. The van der Waals surface area contributed by atoms with Crippen LogP contribution in [0.1, 0.15) is 25.7 Å². The van der Waals surface area contributed by atoms with Crippen LogP contribution in [0, 0.1) is 0 Å². The van der Waals surface area contributed by atoms with Crippen LogP contribution in [-0.2, 0) is 14.3 Å². The molecule has 2 rings (SSSR count). The van der Waals surface area contributed by atoms with E-state index in [2.05, 4.69) is 0 Å². The molecular weight excluding hydrogens is 280 g/mol. The molecule has 5 nitrogen and oxygen atoms in total. The molecule has 0 amide bonds. The van der Waals surface area contributed by atoms with E-state index >= 15 is 0 Å². The van der Waals surface area contributed by atoms with Gasteiger partial charge < -0.3 is 9.47 Å². The van der Waals surface area contributed by atoms with Crippen LogP contribution in [0.5, 0.6) is 11.5 Å². The summed E-state index contributed by atoms with van der Waals surface area (Å²) in [6.07, 6.45) is 3.92. The lowest BCUT2D eigenvalue weighted by Crippen LogP contribution is -2.38. The average molecular weight is 300 g/mol. The smallest absolute Gasteiger partial charge is 0.264 e. The molecule has 20 heavy (non-hydrogen) atoms. The van der Waals surface area contributed by atoms with Crippen molar-refractivity contribution >= 4 is 10.1 Å². The lowest BCUT2D eigenvalue weighted by atomic mass is 9.95. The summed E-state index contributed by atoms with van der Waals surface area (Å²) in [5, 5.41) is 0. The Bertz CT molecular complexity index is 523. The van der Waals surface area contributed by atoms with E-state index in [1.54, 1.807) is 7.11 Å². The van der Waals surface area contributed by atoms with Gasteiger partial charge in [0.05, 0.1) is 13.4 Å². The second-order valence-electron chi connectivity index (χ2n) is 4.96. The Morgan fingerprint density at radius 3 is 2.10 bits per heavy atom. The number of ether oxygens (including phenoxy) is 2. The minimum absolute atomic E-state index is 0.230. The molecule has 0 spiro atoms. The summed E-state index contributed by atoms with van der Waals surface area (Å²) in [7, 11) is -1.86. The largest absolute Gasteiger partial charge is 0.497 e. The highest BCUT2D eigenvalue weighted by Crippen LogP contribution is 2.27. The van der Waals surface area contributed by atoms with Crippen LogP contribution >= 0.6 is 0 Å². The lowest BCUT2D eigenvalue weighted by molar-refractivity contribution is 0.0277. The first kappa shape index (κ1) is 15.1. The highest BCUT2D eigenvalue weighted by atomic mass is 32.2. The zero-order chi connectivity index (χ0) is 14.6. The lowest BCUT2D eigenvalue weighted by Gasteiger charge is -2.30. The van der Waals surface area contributed by atoms with Crippen LogP contribution in [-0.4, -0.2) is 34.0 Å². The second kappa shape index (κ2) is 6.45. The predicted octanol–water partition coefficient (Wildman–Crippen LogP) is 2.36. The van der Waals surface area contributed by atoms with Crippen molar-refractivity contribution in [1.29, 1.82) is 0 Å². The van der Waals surface area contributed by atoms with E-state index in [0.29, 0.717) is 12.2 Å². The summed E-state index contributed by atoms with van der Waals surface area (Å²) < 4.78 is 38.7. The Kier molecular flexibility index (Phi) is 4.88. The van der Waals surface area contributed by atoms with Crippen LogP contribution in [0.3, 0.4) is 0 Å². The van der Waals surface area contributed by atoms with E-state index in [1.807, 2.05) is 24.3 Å². The number of hydrogen-bond acceptors (Lipinski definition) is 5. The molecular formula is C14H20O5S. The van der Waals surface area contributed by atoms with Crippen LogP contribution < -0.4 is 9.47 Å². The maximum Gasteiger partial charge on any atom is 0.264 e. The summed E-state index contributed by atoms with van der Waals surface area (Å²) in [4.78, 5) is 0. The fraction of sp³-hybridized carbons (Fsp3) is 0.571. The fourth-order valence-corrected chi connectivity index (χ4v) is 3.03. The summed E-state index contributed by atoms with van der Waals surface area (Å²) in [6, 6.07) is 7.24. The van der Waals surface area contributed by atoms with E-state index in [1.165, 1.54) is 0 Å². The molecule has 0 unspecified atom stereocenters. The molecule has 0 N–H and O–H groups in total. The minimum atomic E-state index is -3.46. The van der Waals surface area contributed by atoms with Gasteiger partial charge in [0, 0.05) is 0 Å². The molecule has 112 valence electrons. The Labute approximate surface area is 120 Å². The summed E-state index contributed by atoms with van der Waals surface area (Å²) >= 11 is 0. The molecule has 6 heteroatoms. The van der Waals surface area contributed by atoms with Crippen molar-refractivity contribution in [2.24, 2.45) is 0 Å². The van der Waals surface area contributed by atoms with Gasteiger partial charge >= 0.3 is 0 Å². The van der Waals surface area contributed by atoms with Gasteiger partial charge in [-0.15, -0.1) is 0 Å². The number of hydrogen-bond donors (Lipinski definition) is 0. The highest BCUT2D eigenvalue weighted by molar-refractivity contribution is 7.86. The molecule has 1 aliphatic carbocycles. The molecule has 0 bridgehead atoms. The predicted molar refractivity (Wildman–Crippen MR) is 75.6 cm³/mol. The minimum Gasteiger partial charge on any atom is -0.497 e. The van der Waals surface area contributed by atoms with Crippen molar-refractivity contribution in [2.75, 3.05) is 13.4 Å². The highest BCUT2D eigenvalue weighted by Gasteiger charge is 2.30. The molecule has 1 fully saturated rings. The Balaban J connectivity index is 2.04. The molecule has 2 atom stereocenters. The third-order valence-electron chi connectivity index (χ3n) is 3.29. The summed E-state index contributed by atoms with van der Waals surface area (Å²) in [5.74, 6) is 1.45. The SMILES string of the molecule is COc1ccc(O[C@H]2CCCC[C@@H]2OS(C)(=O)=O)cc1. The van der Waals surface area contributed by atoms with Gasteiger partial charge in [-0.1, -0.05) is 6.42 Å². The normalized spacial score (nSPS) is 23.3. The van der Waals surface area contributed by atoms with Crippen molar-refractivity contribution in [2.45, 2.75) is 37.9 Å². The molecule has 0 aromatic heterocycles. The second-order valence-corrected chi connectivity index (χ2v) is 6.56. The van der Waals surface area contributed by atoms with Gasteiger partial charge in [0.2, 0.25) is 0 Å². The summed E-state index contributed by atoms with van der Waals surface area (Å²) in [6.45, 7) is 0. The molecule has 0 heterocycles. The number of methoxy groups -OCH3 is 1. The molecule has 0 aliphatic heterocycles. The van der Waals surface area contributed by atoms with Crippen LogP contribution in [0.15, 0.2) is 24.3 Å². The van der Waals surface area contributed by atoms with Gasteiger partial charge in [0.15, 0.2) is 0 Å². The first-order valence-electron chi connectivity index (χ1n) is 6.67. The first-order chi connectivity index (χ1) is 9.48. The maximum absolute atomic E-state index is 11.3. The van der Waals surface area contributed by atoms with Gasteiger partial charge in [-0.3, -0.25) is 4.18 Å². The van der Waals surface area contributed by atoms with E-state index < -0.39 is 16.2 Å². The van der Waals surface area contributed by atoms with Gasteiger partial charge in [-0.25, -0.2) is 0 Å². The molecule has 1 aromatic rings. The quantitative estimate of drug-likeness (QED) is 0.781. The van der Waals surface area contributed by atoms with Crippen molar-refractivity contribution in [3.05, 3.63) is 24.3 Å². The average Bonchev–Trinajstić information content (AvgIpc) is 2.40. The van der Waals surface area contributed by atoms with Crippen LogP contribution in [0.4, 0.5) is 0 Å². The van der Waals surface area contributed by atoms with E-state index in [0.717, 1.165) is 31.3 Å². The third kappa shape index (κ3) is 4.38. The zero-order valence-electron chi connectivity index (χ0n) is 11.7. The molecule has 0 radical (unpaired) electrons. The Morgan fingerprint density at radius 1 is 1.00 bits per heavy atom. The third-order valence-corrected chi connectivity index (χ3v) is 3.88. The van der Waals surface area contributed by atoms with Crippen molar-refractivity contribution in [1.82, 2.24) is 0 Å². The molecule has 0 saturated heterocycles. The van der Waals surface area contributed by atoms with E-state index in [-0.39, 0.29) is 6.10 Å². The van der Waals surface area contributed by atoms with Crippen molar-refractivity contribution in [3.63, 3.8) is 0 Å². The standard InChI is InChI=1S/C14H20O5S/c1-17-11-7-9-12(10-8-11)18-13-5-3-4-6-14(13)19-20(2,15)16/h7-10,13-14H,3-6H2,1-2H3/t13-,14-/m0/s1. The number of benzene rings is 1. The van der Waals surface area contributed by atoms with Crippen molar-refractivity contribution < 1.29 is 22.1 Å². The van der Waals surface area contributed by atoms with Gasteiger partial charge in [-0.05, 0) is 43.5 Å². The van der Waals surface area contributed by atoms with Gasteiger partial charge in [-0.2, -0.15) is 8.42 Å². The Morgan fingerprint density at radius 2 is 1.55 bits per heavy atom. The molecule has 1 aromatic carbocycles. The first-order valence-corrected chi connectivity index (χ1v) is 8.48. The maximum atomic E-state index is 11.3. The topological polar surface area (TPSA) is 61.8 Å². The molecule has 1 saturated carbocycles. The van der Waals surface area contributed by atoms with Gasteiger partial charge in [0.1, 0.15) is 23.7 Å². The van der Waals surface area contributed by atoms with E-state index in [4.69, 9.17) is 13.7 Å². The zero-order valence-corrected chi connectivity index (χ0v) is 12.6. The number of rotatable bonds is 5. The summed E-state index contributed by atoms with van der Waals surface area (Å²) in [5.41, 5.74) is 0. The van der Waals surface area contributed by atoms with E-state index in [9.17, 15) is 8.42 Å². The van der Waals surface area contributed by atoms with Crippen molar-refractivity contribution in [3.8, 4) is 11.5 Å². The van der Waals surface area contributed by atoms with Crippen LogP contribution in [0.25, 0.3) is 0 Å².